The van der Waals surface area contributed by atoms with Crippen LogP contribution in [0.4, 0.5) is 0 Å². The average molecular weight is 174 g/mol. The number of carbonyl (C=O) groups is 1. The molecule has 1 saturated heterocycles. The Kier molecular flexibility index (Phi) is 3.46. The third kappa shape index (κ3) is 2.44. The van der Waals surface area contributed by atoms with E-state index in [1.807, 2.05) is 0 Å². The van der Waals surface area contributed by atoms with Crippen molar-refractivity contribution in [1.29, 1.82) is 0 Å². The Morgan fingerprint density at radius 2 is 2.17 bits per heavy atom. The van der Waals surface area contributed by atoms with Crippen LogP contribution in [-0.2, 0) is 9.63 Å². The highest BCUT2D eigenvalue weighted by Crippen LogP contribution is 2.09. The molecular weight excluding hydrogens is 160 g/mol. The van der Waals surface area contributed by atoms with Gasteiger partial charge in [-0.3, -0.25) is 9.63 Å². The highest BCUT2D eigenvalue weighted by Gasteiger charge is 2.20. The standard InChI is InChI=1S/C7H14N2O3/c8-12-5-7(11)9-3-1-6(10)2-4-9/h6,10H,1-5,8H2. The Morgan fingerprint density at radius 3 is 2.67 bits per heavy atom. The number of aliphatic hydroxyl groups is 1. The Balaban J connectivity index is 2.29. The predicted molar refractivity (Wildman–Crippen MR) is 42.0 cm³/mol. The lowest BCUT2D eigenvalue weighted by atomic mass is 10.1. The summed E-state index contributed by atoms with van der Waals surface area (Å²) in [6.45, 7) is 1.13. The Hall–Kier alpha value is -0.650. The van der Waals surface area contributed by atoms with Crippen LogP contribution < -0.4 is 5.90 Å². The van der Waals surface area contributed by atoms with Crippen LogP contribution in [0.2, 0.25) is 0 Å². The summed E-state index contributed by atoms with van der Waals surface area (Å²) in [7, 11) is 0. The zero-order valence-corrected chi connectivity index (χ0v) is 6.90. The van der Waals surface area contributed by atoms with E-state index in [9.17, 15) is 4.79 Å². The molecule has 0 aromatic heterocycles. The molecule has 0 atom stereocenters. The average Bonchev–Trinajstić information content (AvgIpc) is 2.06. The number of amides is 1. The number of hydrogen-bond acceptors (Lipinski definition) is 4. The molecule has 1 aliphatic heterocycles. The Labute approximate surface area is 71.0 Å². The largest absolute Gasteiger partial charge is 0.393 e. The second kappa shape index (κ2) is 4.39. The van der Waals surface area contributed by atoms with Crippen LogP contribution in [0.15, 0.2) is 0 Å². The quantitative estimate of drug-likeness (QED) is 0.519. The molecule has 1 rings (SSSR count). The van der Waals surface area contributed by atoms with Crippen molar-refractivity contribution in [2.45, 2.75) is 18.9 Å². The van der Waals surface area contributed by atoms with Crippen LogP contribution in [0.1, 0.15) is 12.8 Å². The number of aliphatic hydroxyl groups excluding tert-OH is 1. The number of nitrogens with two attached hydrogens (primary N) is 1. The van der Waals surface area contributed by atoms with Gasteiger partial charge in [-0.05, 0) is 12.8 Å². The van der Waals surface area contributed by atoms with Crippen LogP contribution in [-0.4, -0.2) is 41.7 Å². The van der Waals surface area contributed by atoms with E-state index in [1.165, 1.54) is 0 Å². The van der Waals surface area contributed by atoms with E-state index in [0.29, 0.717) is 25.9 Å². The SMILES string of the molecule is NOCC(=O)N1CCC(O)CC1. The summed E-state index contributed by atoms with van der Waals surface area (Å²) in [5, 5.41) is 9.14. The van der Waals surface area contributed by atoms with Crippen molar-refractivity contribution in [2.75, 3.05) is 19.7 Å². The zero-order valence-electron chi connectivity index (χ0n) is 6.90. The first-order valence-electron chi connectivity index (χ1n) is 4.01. The third-order valence-corrected chi connectivity index (χ3v) is 2.02. The first kappa shape index (κ1) is 9.44. The maximum absolute atomic E-state index is 11.1. The van der Waals surface area contributed by atoms with Crippen LogP contribution in [0.5, 0.6) is 0 Å². The maximum Gasteiger partial charge on any atom is 0.250 e. The molecule has 1 heterocycles. The van der Waals surface area contributed by atoms with Gasteiger partial charge in [0.15, 0.2) is 0 Å². The zero-order chi connectivity index (χ0) is 8.97. The molecule has 12 heavy (non-hydrogen) atoms. The minimum absolute atomic E-state index is 0.0733. The molecule has 1 fully saturated rings. The van der Waals surface area contributed by atoms with Gasteiger partial charge in [-0.2, -0.15) is 0 Å². The van der Waals surface area contributed by atoms with Gasteiger partial charge >= 0.3 is 0 Å². The number of nitrogens with zero attached hydrogens (tertiary/aromatic N) is 1. The van der Waals surface area contributed by atoms with Gasteiger partial charge in [0.05, 0.1) is 6.10 Å². The number of hydrogen-bond donors (Lipinski definition) is 2. The minimum atomic E-state index is -0.257. The summed E-state index contributed by atoms with van der Waals surface area (Å²) in [5.41, 5.74) is 0. The fourth-order valence-electron chi connectivity index (χ4n) is 1.28. The second-order valence-corrected chi connectivity index (χ2v) is 2.92. The molecule has 0 aliphatic carbocycles. The molecule has 0 radical (unpaired) electrons. The van der Waals surface area contributed by atoms with E-state index in [2.05, 4.69) is 4.84 Å². The van der Waals surface area contributed by atoms with Crippen molar-refractivity contribution < 1.29 is 14.7 Å². The van der Waals surface area contributed by atoms with E-state index in [4.69, 9.17) is 11.0 Å². The summed E-state index contributed by atoms with van der Waals surface area (Å²) in [6.07, 6.45) is 1.04. The maximum atomic E-state index is 11.1. The first-order chi connectivity index (χ1) is 5.74. The van der Waals surface area contributed by atoms with Gasteiger partial charge in [0.1, 0.15) is 6.61 Å². The lowest BCUT2D eigenvalue weighted by Gasteiger charge is -2.29. The smallest absolute Gasteiger partial charge is 0.250 e. The van der Waals surface area contributed by atoms with Crippen molar-refractivity contribution in [1.82, 2.24) is 4.90 Å². The van der Waals surface area contributed by atoms with Crippen LogP contribution in [0.25, 0.3) is 0 Å². The highest BCUT2D eigenvalue weighted by molar-refractivity contribution is 5.77. The van der Waals surface area contributed by atoms with Crippen LogP contribution >= 0.6 is 0 Å². The molecule has 0 spiro atoms. The topological polar surface area (TPSA) is 75.8 Å². The van der Waals surface area contributed by atoms with E-state index in [1.54, 1.807) is 4.90 Å². The summed E-state index contributed by atoms with van der Waals surface area (Å²) in [5.74, 6) is 4.66. The molecule has 0 aromatic carbocycles. The summed E-state index contributed by atoms with van der Waals surface area (Å²) >= 11 is 0. The van der Waals surface area contributed by atoms with Crippen molar-refractivity contribution in [3.05, 3.63) is 0 Å². The van der Waals surface area contributed by atoms with E-state index in [-0.39, 0.29) is 18.6 Å². The van der Waals surface area contributed by atoms with Gasteiger partial charge in [-0.25, -0.2) is 5.90 Å². The summed E-state index contributed by atoms with van der Waals surface area (Å²) < 4.78 is 0. The monoisotopic (exact) mass is 174 g/mol. The normalized spacial score (nSPS) is 19.7. The van der Waals surface area contributed by atoms with E-state index in [0.717, 1.165) is 0 Å². The van der Waals surface area contributed by atoms with Gasteiger partial charge in [0.2, 0.25) is 0 Å². The molecule has 1 amide bonds. The van der Waals surface area contributed by atoms with Crippen molar-refractivity contribution >= 4 is 5.91 Å². The molecule has 5 nitrogen and oxygen atoms in total. The molecule has 3 N–H and O–H groups in total. The number of likely N-dealkylation sites (tertiary alicyclic amines) is 1. The lowest BCUT2D eigenvalue weighted by Crippen LogP contribution is -2.42. The molecule has 0 saturated carbocycles. The number of piperidine rings is 1. The number of rotatable bonds is 2. The predicted octanol–water partition coefficient (Wildman–Crippen LogP) is -1.14. The Morgan fingerprint density at radius 1 is 1.58 bits per heavy atom. The van der Waals surface area contributed by atoms with Gasteiger partial charge in [0, 0.05) is 13.1 Å². The highest BCUT2D eigenvalue weighted by atomic mass is 16.6. The Bertz CT molecular complexity index is 155. The second-order valence-electron chi connectivity index (χ2n) is 2.92. The molecule has 0 unspecified atom stereocenters. The molecule has 0 aromatic rings. The fourth-order valence-corrected chi connectivity index (χ4v) is 1.28. The molecular formula is C7H14N2O3. The van der Waals surface area contributed by atoms with Crippen molar-refractivity contribution in [3.8, 4) is 0 Å². The van der Waals surface area contributed by atoms with Crippen LogP contribution in [0.3, 0.4) is 0 Å². The third-order valence-electron chi connectivity index (χ3n) is 2.02. The summed E-state index contributed by atoms with van der Waals surface area (Å²) in [4.78, 5) is 17.0. The van der Waals surface area contributed by atoms with Gasteiger partial charge in [-0.15, -0.1) is 0 Å². The van der Waals surface area contributed by atoms with Crippen LogP contribution in [0, 0.1) is 0 Å². The number of carbonyl (C=O) groups excluding carboxylic acids is 1. The van der Waals surface area contributed by atoms with Crippen molar-refractivity contribution in [3.63, 3.8) is 0 Å². The van der Waals surface area contributed by atoms with Gasteiger partial charge < -0.3 is 10.0 Å². The minimum Gasteiger partial charge on any atom is -0.393 e. The lowest BCUT2D eigenvalue weighted by molar-refractivity contribution is -0.138. The van der Waals surface area contributed by atoms with E-state index >= 15 is 0 Å². The molecule has 0 bridgehead atoms. The van der Waals surface area contributed by atoms with Gasteiger partial charge in [-0.1, -0.05) is 0 Å². The van der Waals surface area contributed by atoms with E-state index < -0.39 is 0 Å². The first-order valence-corrected chi connectivity index (χ1v) is 4.01. The molecule has 1 aliphatic rings. The molecule has 70 valence electrons. The fraction of sp³-hybridized carbons (Fsp3) is 0.857. The molecule has 5 heteroatoms. The van der Waals surface area contributed by atoms with Crippen molar-refractivity contribution in [2.24, 2.45) is 5.90 Å². The summed E-state index contributed by atoms with van der Waals surface area (Å²) in [6, 6.07) is 0. The van der Waals surface area contributed by atoms with Gasteiger partial charge in [0.25, 0.3) is 5.91 Å².